The maximum atomic E-state index is 13.5. The van der Waals surface area contributed by atoms with Gasteiger partial charge in [0.05, 0.1) is 17.6 Å². The number of rotatable bonds is 5. The average molecular weight is 517 g/mol. The van der Waals surface area contributed by atoms with Gasteiger partial charge in [-0.2, -0.15) is 0 Å². The Labute approximate surface area is 212 Å². The maximum absolute atomic E-state index is 13.5. The summed E-state index contributed by atoms with van der Waals surface area (Å²) in [4.78, 5) is 36.7. The van der Waals surface area contributed by atoms with Crippen LogP contribution < -0.4 is 21.3 Å². The normalized spacial score (nSPS) is 21.6. The lowest BCUT2D eigenvalue weighted by molar-refractivity contribution is -0.120. The van der Waals surface area contributed by atoms with Crippen LogP contribution in [0.2, 0.25) is 0 Å². The van der Waals surface area contributed by atoms with Gasteiger partial charge in [0.1, 0.15) is 15.5 Å². The highest BCUT2D eigenvalue weighted by Gasteiger charge is 2.40. The van der Waals surface area contributed by atoms with Gasteiger partial charge in [-0.1, -0.05) is 6.07 Å². The van der Waals surface area contributed by atoms with Gasteiger partial charge in [0.2, 0.25) is 12.3 Å². The van der Waals surface area contributed by atoms with E-state index >= 15 is 0 Å². The molecular weight excluding hydrogens is 486 g/mol. The smallest absolute Gasteiger partial charge is 0.263 e. The van der Waals surface area contributed by atoms with E-state index in [1.165, 1.54) is 18.3 Å². The van der Waals surface area contributed by atoms with Crippen LogP contribution in [0.1, 0.15) is 41.4 Å². The molecule has 36 heavy (non-hydrogen) atoms. The number of hydrogen-bond acceptors (Lipinski definition) is 7. The number of hydrogen-bond donors (Lipinski definition) is 3. The third-order valence-electron chi connectivity index (χ3n) is 6.93. The Morgan fingerprint density at radius 1 is 1.19 bits per heavy atom. The number of pyridine rings is 2. The summed E-state index contributed by atoms with van der Waals surface area (Å²) in [5, 5.41) is 6.54. The Kier molecular flexibility index (Phi) is 6.50. The Morgan fingerprint density at radius 2 is 2.00 bits per heavy atom. The number of carbonyl (C=O) groups is 2. The van der Waals surface area contributed by atoms with Gasteiger partial charge in [0, 0.05) is 44.3 Å². The highest BCUT2D eigenvalue weighted by Crippen LogP contribution is 2.33. The van der Waals surface area contributed by atoms with Crippen molar-refractivity contribution >= 4 is 44.9 Å². The van der Waals surface area contributed by atoms with E-state index in [1.54, 1.807) is 0 Å². The molecule has 4 N–H and O–H groups in total. The quantitative estimate of drug-likeness (QED) is 0.480. The number of carbonyl (C=O) groups excluding carboxylic acids is 2. The number of nitrogens with one attached hydrogen (secondary N) is 2. The van der Waals surface area contributed by atoms with Gasteiger partial charge in [-0.3, -0.25) is 9.59 Å². The number of nitrogens with two attached hydrogens (primary N) is 1. The number of anilines is 2. The van der Waals surface area contributed by atoms with Gasteiger partial charge < -0.3 is 21.3 Å². The molecular formula is C25H30F2N6O2S. The van der Waals surface area contributed by atoms with Gasteiger partial charge in [-0.05, 0) is 49.9 Å². The van der Waals surface area contributed by atoms with Crippen LogP contribution in [0.15, 0.2) is 24.3 Å². The number of nitrogen functional groups attached to an aromatic ring is 1. The molecule has 0 spiro atoms. The van der Waals surface area contributed by atoms with Crippen molar-refractivity contribution in [2.24, 2.45) is 5.92 Å². The second-order valence-electron chi connectivity index (χ2n) is 9.55. The molecule has 4 heterocycles. The molecule has 3 aromatic heterocycles. The third-order valence-corrected chi connectivity index (χ3v) is 8.04. The molecule has 3 aromatic rings. The molecule has 1 aliphatic carbocycles. The highest BCUT2D eigenvalue weighted by atomic mass is 32.1. The van der Waals surface area contributed by atoms with E-state index in [0.29, 0.717) is 42.2 Å². The largest absolute Gasteiger partial charge is 0.397 e. The Hall–Kier alpha value is -3.34. The van der Waals surface area contributed by atoms with Crippen molar-refractivity contribution < 1.29 is 19.8 Å². The van der Waals surface area contributed by atoms with Crippen molar-refractivity contribution in [3.8, 4) is 0 Å². The van der Waals surface area contributed by atoms with Crippen molar-refractivity contribution in [2.75, 3.05) is 23.7 Å². The number of aromatic nitrogens is 2. The monoisotopic (exact) mass is 516 g/mol. The minimum atomic E-state index is -2.52. The topological polar surface area (TPSA) is 113 Å². The minimum absolute atomic E-state index is 0. The summed E-state index contributed by atoms with van der Waals surface area (Å²) in [5.41, 5.74) is 9.50. The Bertz CT molecular complexity index is 1340. The SMILES string of the molecule is CC(=O)N[C@@H]1CN(c2ccc3c(n2)CC[C@H](NC(=O)c2sc4nc(C)ccc4c2N)C3)C[C@H]1C(F)F.[HH]. The fourth-order valence-corrected chi connectivity index (χ4v) is 6.14. The van der Waals surface area contributed by atoms with Crippen LogP contribution in [0, 0.1) is 12.8 Å². The first-order valence-electron chi connectivity index (χ1n) is 11.9. The molecule has 2 aliphatic rings. The number of thiophene rings is 1. The molecule has 0 saturated carbocycles. The van der Waals surface area contributed by atoms with Crippen LogP contribution in [-0.2, 0) is 17.6 Å². The van der Waals surface area contributed by atoms with Crippen molar-refractivity contribution in [1.82, 2.24) is 20.6 Å². The van der Waals surface area contributed by atoms with Crippen molar-refractivity contribution in [3.05, 3.63) is 46.1 Å². The van der Waals surface area contributed by atoms with E-state index in [0.717, 1.165) is 27.2 Å². The molecule has 0 bridgehead atoms. The number of nitrogens with zero attached hydrogens (tertiary/aromatic N) is 3. The number of fused-ring (bicyclic) bond motifs is 2. The first-order chi connectivity index (χ1) is 17.2. The summed E-state index contributed by atoms with van der Waals surface area (Å²) in [6, 6.07) is 6.89. The predicted molar refractivity (Wildman–Crippen MR) is 138 cm³/mol. The first kappa shape index (κ1) is 24.4. The van der Waals surface area contributed by atoms with Gasteiger partial charge >= 0.3 is 0 Å². The van der Waals surface area contributed by atoms with Gasteiger partial charge in [-0.25, -0.2) is 18.7 Å². The summed E-state index contributed by atoms with van der Waals surface area (Å²) in [5.74, 6) is -0.824. The highest BCUT2D eigenvalue weighted by molar-refractivity contribution is 7.21. The molecule has 0 aromatic carbocycles. The van der Waals surface area contributed by atoms with E-state index in [4.69, 9.17) is 10.7 Å². The molecule has 192 valence electrons. The second-order valence-corrected chi connectivity index (χ2v) is 10.5. The lowest BCUT2D eigenvalue weighted by Crippen LogP contribution is -2.41. The average Bonchev–Trinajstić information content (AvgIpc) is 3.39. The van der Waals surface area contributed by atoms with E-state index in [-0.39, 0.29) is 25.8 Å². The van der Waals surface area contributed by atoms with Gasteiger partial charge in [0.15, 0.2) is 0 Å². The summed E-state index contributed by atoms with van der Waals surface area (Å²) in [6.45, 7) is 3.67. The molecule has 0 radical (unpaired) electrons. The summed E-state index contributed by atoms with van der Waals surface area (Å²) in [6.07, 6.45) is -0.516. The lowest BCUT2D eigenvalue weighted by atomic mass is 9.91. The molecule has 1 aliphatic heterocycles. The van der Waals surface area contributed by atoms with Crippen molar-refractivity contribution in [2.45, 2.75) is 51.6 Å². The summed E-state index contributed by atoms with van der Waals surface area (Å²) < 4.78 is 27.1. The summed E-state index contributed by atoms with van der Waals surface area (Å²) in [7, 11) is 0. The Balaban J connectivity index is 0.00000320. The number of aryl methyl sites for hydroxylation is 2. The van der Waals surface area contributed by atoms with Crippen LogP contribution in [0.25, 0.3) is 10.2 Å². The Morgan fingerprint density at radius 3 is 2.75 bits per heavy atom. The number of amides is 2. The molecule has 3 atom stereocenters. The first-order valence-corrected chi connectivity index (χ1v) is 12.8. The van der Waals surface area contributed by atoms with Crippen LogP contribution in [-0.4, -0.2) is 53.4 Å². The fraction of sp³-hybridized carbons (Fsp3) is 0.440. The standard InChI is InChI=1S/C25H28F2N6O2S.H2/c1-12-3-6-16-21(28)22(36-25(16)29-12)24(35)31-15-5-7-18-14(9-15)4-8-20(32-18)33-10-17(23(26)27)19(11-33)30-13(2)34;/h3-4,6,8,15,17,19,23H,5,7,9-11,28H2,1-2H3,(H,30,34)(H,31,35);1H/t15-,17+,19+;/m0./s1. The number of alkyl halides is 2. The lowest BCUT2D eigenvalue weighted by Gasteiger charge is -2.26. The van der Waals surface area contributed by atoms with Crippen LogP contribution in [0.3, 0.4) is 0 Å². The molecule has 11 heteroatoms. The van der Waals surface area contributed by atoms with E-state index in [2.05, 4.69) is 15.6 Å². The number of halogens is 2. The van der Waals surface area contributed by atoms with Gasteiger partial charge in [0.25, 0.3) is 5.91 Å². The van der Waals surface area contributed by atoms with Crippen LogP contribution in [0.5, 0.6) is 0 Å². The minimum Gasteiger partial charge on any atom is -0.397 e. The molecule has 0 unspecified atom stereocenters. The van der Waals surface area contributed by atoms with Crippen LogP contribution >= 0.6 is 11.3 Å². The zero-order chi connectivity index (χ0) is 25.6. The van der Waals surface area contributed by atoms with Crippen molar-refractivity contribution in [3.63, 3.8) is 0 Å². The van der Waals surface area contributed by atoms with E-state index in [9.17, 15) is 18.4 Å². The predicted octanol–water partition coefficient (Wildman–Crippen LogP) is 3.32. The second kappa shape index (κ2) is 9.61. The summed E-state index contributed by atoms with van der Waals surface area (Å²) >= 11 is 1.30. The molecule has 1 saturated heterocycles. The van der Waals surface area contributed by atoms with E-state index < -0.39 is 18.4 Å². The zero-order valence-corrected chi connectivity index (χ0v) is 20.9. The van der Waals surface area contributed by atoms with Crippen LogP contribution in [0.4, 0.5) is 20.3 Å². The zero-order valence-electron chi connectivity index (χ0n) is 20.1. The fourth-order valence-electron chi connectivity index (χ4n) is 5.09. The molecule has 8 nitrogen and oxygen atoms in total. The third kappa shape index (κ3) is 4.71. The van der Waals surface area contributed by atoms with Crippen molar-refractivity contribution in [1.29, 1.82) is 0 Å². The van der Waals surface area contributed by atoms with Gasteiger partial charge in [-0.15, -0.1) is 11.3 Å². The molecule has 2 amide bonds. The van der Waals surface area contributed by atoms with E-state index in [1.807, 2.05) is 36.1 Å². The molecule has 1 fully saturated rings. The molecule has 5 rings (SSSR count). The maximum Gasteiger partial charge on any atom is 0.263 e.